The number of carbonyl (C=O) groups is 1. The van der Waals surface area contributed by atoms with Crippen LogP contribution in [0.3, 0.4) is 0 Å². The van der Waals surface area contributed by atoms with Gasteiger partial charge in [0.05, 0.1) is 5.69 Å². The molecule has 2 aromatic rings. The summed E-state index contributed by atoms with van der Waals surface area (Å²) in [7, 11) is 0. The molecule has 3 heterocycles. The van der Waals surface area contributed by atoms with Crippen LogP contribution in [-0.2, 0) is 11.2 Å². The fourth-order valence-corrected chi connectivity index (χ4v) is 3.41. The Bertz CT molecular complexity index is 721. The highest BCUT2D eigenvalue weighted by atomic mass is 16.5. The Morgan fingerprint density at radius 1 is 1.36 bits per heavy atom. The summed E-state index contributed by atoms with van der Waals surface area (Å²) in [6, 6.07) is 6.24. The molecule has 0 bridgehead atoms. The van der Waals surface area contributed by atoms with Gasteiger partial charge in [-0.1, -0.05) is 11.2 Å². The molecule has 0 saturated carbocycles. The van der Waals surface area contributed by atoms with Gasteiger partial charge in [-0.25, -0.2) is 4.98 Å². The summed E-state index contributed by atoms with van der Waals surface area (Å²) in [4.78, 5) is 19.2. The molecular weight excluding hydrogens is 316 g/mol. The van der Waals surface area contributed by atoms with Gasteiger partial charge in [0.15, 0.2) is 0 Å². The van der Waals surface area contributed by atoms with E-state index in [1.54, 1.807) is 0 Å². The van der Waals surface area contributed by atoms with E-state index >= 15 is 0 Å². The molecule has 1 aliphatic rings. The van der Waals surface area contributed by atoms with Crippen LogP contribution >= 0.6 is 0 Å². The molecule has 134 valence electrons. The maximum Gasteiger partial charge on any atom is 0.220 e. The molecule has 0 aliphatic carbocycles. The number of pyridine rings is 1. The SMILES string of the molecule is Cc1cccc(N2CCC[C@H](NC(=O)CCc3c(C)noc3C)C2)n1. The summed E-state index contributed by atoms with van der Waals surface area (Å²) in [5.41, 5.74) is 2.94. The number of nitrogens with zero attached hydrogens (tertiary/aromatic N) is 3. The van der Waals surface area contributed by atoms with Crippen molar-refractivity contribution in [2.24, 2.45) is 0 Å². The monoisotopic (exact) mass is 342 g/mol. The fraction of sp³-hybridized carbons (Fsp3) is 0.526. The molecule has 25 heavy (non-hydrogen) atoms. The highest BCUT2D eigenvalue weighted by molar-refractivity contribution is 5.76. The number of piperidine rings is 1. The van der Waals surface area contributed by atoms with Gasteiger partial charge in [0.25, 0.3) is 0 Å². The van der Waals surface area contributed by atoms with E-state index < -0.39 is 0 Å². The molecular formula is C19H26N4O2. The minimum absolute atomic E-state index is 0.0871. The van der Waals surface area contributed by atoms with E-state index in [-0.39, 0.29) is 11.9 Å². The van der Waals surface area contributed by atoms with Crippen molar-refractivity contribution in [1.82, 2.24) is 15.5 Å². The first-order chi connectivity index (χ1) is 12.0. The van der Waals surface area contributed by atoms with Crippen molar-refractivity contribution in [2.75, 3.05) is 18.0 Å². The maximum atomic E-state index is 12.3. The van der Waals surface area contributed by atoms with Gasteiger partial charge in [0.1, 0.15) is 11.6 Å². The minimum atomic E-state index is 0.0871. The van der Waals surface area contributed by atoms with Crippen LogP contribution in [0.15, 0.2) is 22.7 Å². The Morgan fingerprint density at radius 3 is 2.92 bits per heavy atom. The first-order valence-corrected chi connectivity index (χ1v) is 8.92. The molecule has 1 amide bonds. The Hall–Kier alpha value is -2.37. The van der Waals surface area contributed by atoms with E-state index in [0.717, 1.165) is 54.5 Å². The van der Waals surface area contributed by atoms with Crippen molar-refractivity contribution in [3.8, 4) is 0 Å². The second-order valence-electron chi connectivity index (χ2n) is 6.79. The highest BCUT2D eigenvalue weighted by Gasteiger charge is 2.22. The van der Waals surface area contributed by atoms with Crippen molar-refractivity contribution < 1.29 is 9.32 Å². The van der Waals surface area contributed by atoms with Gasteiger partial charge in [-0.3, -0.25) is 4.79 Å². The van der Waals surface area contributed by atoms with E-state index in [2.05, 4.69) is 20.4 Å². The zero-order valence-corrected chi connectivity index (χ0v) is 15.2. The van der Waals surface area contributed by atoms with Gasteiger partial charge < -0.3 is 14.7 Å². The van der Waals surface area contributed by atoms with Crippen LogP contribution in [0.5, 0.6) is 0 Å². The van der Waals surface area contributed by atoms with Crippen LogP contribution in [0.25, 0.3) is 0 Å². The molecule has 6 nitrogen and oxygen atoms in total. The van der Waals surface area contributed by atoms with Crippen molar-refractivity contribution in [3.63, 3.8) is 0 Å². The Kier molecular flexibility index (Phi) is 5.36. The summed E-state index contributed by atoms with van der Waals surface area (Å²) in [6.07, 6.45) is 3.20. The van der Waals surface area contributed by atoms with Gasteiger partial charge in [-0.2, -0.15) is 0 Å². The molecule has 3 rings (SSSR count). The summed E-state index contributed by atoms with van der Waals surface area (Å²) in [6.45, 7) is 7.61. The summed E-state index contributed by atoms with van der Waals surface area (Å²) in [5.74, 6) is 1.89. The second kappa shape index (κ2) is 7.68. The van der Waals surface area contributed by atoms with Crippen LogP contribution in [0.2, 0.25) is 0 Å². The number of rotatable bonds is 5. The third kappa shape index (κ3) is 4.38. The molecule has 1 N–H and O–H groups in total. The van der Waals surface area contributed by atoms with E-state index in [9.17, 15) is 4.79 Å². The number of aromatic nitrogens is 2. The molecule has 0 unspecified atom stereocenters. The maximum absolute atomic E-state index is 12.3. The molecule has 1 fully saturated rings. The number of aryl methyl sites for hydroxylation is 3. The van der Waals surface area contributed by atoms with Crippen LogP contribution in [-0.4, -0.2) is 35.2 Å². The lowest BCUT2D eigenvalue weighted by Gasteiger charge is -2.34. The van der Waals surface area contributed by atoms with Gasteiger partial charge >= 0.3 is 0 Å². The van der Waals surface area contributed by atoms with Gasteiger partial charge in [0.2, 0.25) is 5.91 Å². The predicted molar refractivity (Wildman–Crippen MR) is 96.6 cm³/mol. The summed E-state index contributed by atoms with van der Waals surface area (Å²) in [5, 5.41) is 7.12. The zero-order valence-electron chi connectivity index (χ0n) is 15.2. The van der Waals surface area contributed by atoms with Gasteiger partial charge in [0, 0.05) is 36.8 Å². The Balaban J connectivity index is 1.53. The lowest BCUT2D eigenvalue weighted by molar-refractivity contribution is -0.121. The van der Waals surface area contributed by atoms with E-state index in [0.29, 0.717) is 12.8 Å². The van der Waals surface area contributed by atoms with Crippen molar-refractivity contribution in [3.05, 3.63) is 40.9 Å². The van der Waals surface area contributed by atoms with E-state index in [4.69, 9.17) is 4.52 Å². The predicted octanol–water partition coefficient (Wildman–Crippen LogP) is 2.71. The lowest BCUT2D eigenvalue weighted by Crippen LogP contribution is -2.48. The third-order valence-electron chi connectivity index (χ3n) is 4.77. The molecule has 0 spiro atoms. The number of amides is 1. The Labute approximate surface area is 148 Å². The molecule has 1 atom stereocenters. The van der Waals surface area contributed by atoms with Gasteiger partial charge in [-0.05, 0) is 52.2 Å². The average molecular weight is 342 g/mol. The highest BCUT2D eigenvalue weighted by Crippen LogP contribution is 2.19. The van der Waals surface area contributed by atoms with Crippen LogP contribution in [0, 0.1) is 20.8 Å². The normalized spacial score (nSPS) is 17.6. The number of carbonyl (C=O) groups excluding carboxylic acids is 1. The number of anilines is 1. The number of hydrogen-bond donors (Lipinski definition) is 1. The largest absolute Gasteiger partial charge is 0.361 e. The van der Waals surface area contributed by atoms with Crippen molar-refractivity contribution in [2.45, 2.75) is 52.5 Å². The number of nitrogens with one attached hydrogen (secondary N) is 1. The number of hydrogen-bond acceptors (Lipinski definition) is 5. The van der Waals surface area contributed by atoms with E-state index in [1.807, 2.05) is 39.0 Å². The van der Waals surface area contributed by atoms with Gasteiger partial charge in [-0.15, -0.1) is 0 Å². The lowest BCUT2D eigenvalue weighted by atomic mass is 10.0. The smallest absolute Gasteiger partial charge is 0.220 e. The van der Waals surface area contributed by atoms with Crippen molar-refractivity contribution >= 4 is 11.7 Å². The molecule has 1 saturated heterocycles. The molecule has 6 heteroatoms. The third-order valence-corrected chi connectivity index (χ3v) is 4.77. The van der Waals surface area contributed by atoms with Crippen LogP contribution < -0.4 is 10.2 Å². The molecule has 1 aliphatic heterocycles. The first kappa shape index (κ1) is 17.5. The zero-order chi connectivity index (χ0) is 17.8. The fourth-order valence-electron chi connectivity index (χ4n) is 3.41. The summed E-state index contributed by atoms with van der Waals surface area (Å²) >= 11 is 0. The van der Waals surface area contributed by atoms with Crippen LogP contribution in [0.1, 0.15) is 42.0 Å². The Morgan fingerprint density at radius 2 is 2.20 bits per heavy atom. The topological polar surface area (TPSA) is 71.3 Å². The second-order valence-corrected chi connectivity index (χ2v) is 6.79. The molecule has 0 radical (unpaired) electrons. The first-order valence-electron chi connectivity index (χ1n) is 8.92. The quantitative estimate of drug-likeness (QED) is 0.904. The van der Waals surface area contributed by atoms with Crippen LogP contribution in [0.4, 0.5) is 5.82 Å². The molecule has 2 aromatic heterocycles. The standard InChI is InChI=1S/C19H26N4O2/c1-13-6-4-8-18(20-13)23-11-5-7-16(12-23)21-19(24)10-9-17-14(2)22-25-15(17)3/h4,6,8,16H,5,7,9-12H2,1-3H3,(H,21,24)/t16-/m0/s1. The molecule has 0 aromatic carbocycles. The van der Waals surface area contributed by atoms with Crippen molar-refractivity contribution in [1.29, 1.82) is 0 Å². The minimum Gasteiger partial charge on any atom is -0.361 e. The van der Waals surface area contributed by atoms with E-state index in [1.165, 1.54) is 0 Å². The summed E-state index contributed by atoms with van der Waals surface area (Å²) < 4.78 is 5.15. The average Bonchev–Trinajstić information content (AvgIpc) is 2.91.